The Morgan fingerprint density at radius 2 is 1.77 bits per heavy atom. The molecule has 10 heteroatoms. The number of hydrogen-bond acceptors (Lipinski definition) is 7. The van der Waals surface area contributed by atoms with Gasteiger partial charge < -0.3 is 15.6 Å². The van der Waals surface area contributed by atoms with Gasteiger partial charge in [0.2, 0.25) is 5.91 Å². The smallest absolute Gasteiger partial charge is 0.263 e. The van der Waals surface area contributed by atoms with Crippen LogP contribution < -0.4 is 10.6 Å². The van der Waals surface area contributed by atoms with Crippen molar-refractivity contribution < 1.29 is 9.59 Å². The number of rotatable bonds is 11. The molecule has 1 unspecified atom stereocenters. The summed E-state index contributed by atoms with van der Waals surface area (Å²) in [7, 11) is 1.64. The van der Waals surface area contributed by atoms with Gasteiger partial charge in [-0.3, -0.25) is 14.6 Å². The molecule has 0 saturated carbocycles. The molecule has 0 bridgehead atoms. The molecule has 1 aromatic carbocycles. The van der Waals surface area contributed by atoms with Crippen molar-refractivity contribution >= 4 is 23.2 Å². The summed E-state index contributed by atoms with van der Waals surface area (Å²) in [6, 6.07) is 9.44. The average molecular weight is 490 g/mol. The molecule has 0 spiro atoms. The van der Waals surface area contributed by atoms with Gasteiger partial charge in [-0.1, -0.05) is 37.1 Å². The molecule has 0 aliphatic carbocycles. The summed E-state index contributed by atoms with van der Waals surface area (Å²) in [6.45, 7) is 0. The van der Waals surface area contributed by atoms with Gasteiger partial charge in [-0.15, -0.1) is 11.3 Å². The molecule has 9 nitrogen and oxygen atoms in total. The zero-order valence-electron chi connectivity index (χ0n) is 19.4. The van der Waals surface area contributed by atoms with Crippen LogP contribution in [0.5, 0.6) is 0 Å². The lowest BCUT2D eigenvalue weighted by Gasteiger charge is -2.16. The summed E-state index contributed by atoms with van der Waals surface area (Å²) in [6.07, 6.45) is 10.5. The lowest BCUT2D eigenvalue weighted by Crippen LogP contribution is -2.28. The van der Waals surface area contributed by atoms with E-state index in [0.717, 1.165) is 36.1 Å². The fourth-order valence-corrected chi connectivity index (χ4v) is 4.20. The van der Waals surface area contributed by atoms with Crippen LogP contribution in [0.25, 0.3) is 22.6 Å². The minimum Gasteiger partial charge on any atom is -0.359 e. The maximum absolute atomic E-state index is 12.7. The molecule has 3 aromatic heterocycles. The first-order valence-electron chi connectivity index (χ1n) is 11.5. The molecule has 2 amide bonds. The number of H-pyrrole nitrogens is 1. The molecule has 180 valence electrons. The topological polar surface area (TPSA) is 126 Å². The van der Waals surface area contributed by atoms with E-state index in [-0.39, 0.29) is 17.9 Å². The molecule has 4 rings (SSSR count). The number of unbranched alkanes of at least 4 members (excludes halogenated alkanes) is 2. The number of hydrogen-bond donors (Lipinski definition) is 3. The van der Waals surface area contributed by atoms with E-state index in [1.54, 1.807) is 43.4 Å². The van der Waals surface area contributed by atoms with Gasteiger partial charge in [-0.25, -0.2) is 15.0 Å². The van der Waals surface area contributed by atoms with Crippen LogP contribution in [0.2, 0.25) is 0 Å². The van der Waals surface area contributed by atoms with Crippen LogP contribution in [-0.4, -0.2) is 43.8 Å². The first kappa shape index (κ1) is 24.2. The summed E-state index contributed by atoms with van der Waals surface area (Å²) in [5, 5.41) is 5.72. The maximum atomic E-state index is 12.7. The Morgan fingerprint density at radius 3 is 2.49 bits per heavy atom. The van der Waals surface area contributed by atoms with Crippen LogP contribution in [0, 0.1) is 0 Å². The number of benzene rings is 1. The fraction of sp³-hybridized carbons (Fsp3) is 0.280. The summed E-state index contributed by atoms with van der Waals surface area (Å²) < 4.78 is 0. The van der Waals surface area contributed by atoms with Crippen LogP contribution >= 0.6 is 11.3 Å². The number of nitrogens with zero attached hydrogens (tertiary/aromatic N) is 4. The second kappa shape index (κ2) is 12.0. The quantitative estimate of drug-likeness (QED) is 0.272. The van der Waals surface area contributed by atoms with E-state index < -0.39 is 0 Å². The van der Waals surface area contributed by atoms with E-state index in [4.69, 9.17) is 0 Å². The van der Waals surface area contributed by atoms with Crippen molar-refractivity contribution in [1.82, 2.24) is 35.6 Å². The predicted octanol–water partition coefficient (Wildman–Crippen LogP) is 4.16. The van der Waals surface area contributed by atoms with Crippen molar-refractivity contribution in [1.29, 1.82) is 0 Å². The molecule has 4 aromatic rings. The fourth-order valence-electron chi connectivity index (χ4n) is 3.68. The minimum absolute atomic E-state index is 0.0422. The molecule has 0 aliphatic heterocycles. The average Bonchev–Trinajstić information content (AvgIpc) is 3.61. The minimum atomic E-state index is -0.282. The van der Waals surface area contributed by atoms with Gasteiger partial charge in [0.1, 0.15) is 10.7 Å². The van der Waals surface area contributed by atoms with E-state index in [9.17, 15) is 9.59 Å². The van der Waals surface area contributed by atoms with Crippen LogP contribution in [0.3, 0.4) is 0 Å². The van der Waals surface area contributed by atoms with Gasteiger partial charge in [-0.05, 0) is 24.5 Å². The molecule has 0 aliphatic rings. The normalized spacial score (nSPS) is 11.7. The highest BCUT2D eigenvalue weighted by atomic mass is 32.1. The Bertz CT molecular complexity index is 1220. The van der Waals surface area contributed by atoms with Gasteiger partial charge in [0.05, 0.1) is 29.6 Å². The van der Waals surface area contributed by atoms with E-state index >= 15 is 0 Å². The first-order valence-corrected chi connectivity index (χ1v) is 12.3. The summed E-state index contributed by atoms with van der Waals surface area (Å²) in [5.41, 5.74) is 4.40. The van der Waals surface area contributed by atoms with Crippen LogP contribution in [0.1, 0.15) is 53.6 Å². The third kappa shape index (κ3) is 6.57. The standard InChI is InChI=1S/C25H27N7O2S/c1-26-22(33)7-4-2-3-6-19(32-25(34)21-15-27-16-35-21)24-30-14-20(31-24)17-8-10-18(11-9-17)23-28-12-5-13-29-23/h5,8-16,19H,2-4,6-7H2,1H3,(H,26,33)(H,30,31)(H,32,34). The molecule has 3 heterocycles. The number of carbonyl (C=O) groups excluding carboxylic acids is 2. The van der Waals surface area contributed by atoms with Crippen LogP contribution in [0.4, 0.5) is 0 Å². The summed E-state index contributed by atoms with van der Waals surface area (Å²) in [4.78, 5) is 45.2. The van der Waals surface area contributed by atoms with Crippen molar-refractivity contribution in [2.24, 2.45) is 0 Å². The van der Waals surface area contributed by atoms with Gasteiger partial charge in [-0.2, -0.15) is 0 Å². The van der Waals surface area contributed by atoms with Gasteiger partial charge >= 0.3 is 0 Å². The zero-order valence-corrected chi connectivity index (χ0v) is 20.2. The molecule has 3 N–H and O–H groups in total. The summed E-state index contributed by atoms with van der Waals surface area (Å²) in [5.74, 6) is 1.24. The number of thiazole rings is 1. The van der Waals surface area contributed by atoms with Crippen molar-refractivity contribution in [3.8, 4) is 22.6 Å². The Hall–Kier alpha value is -3.92. The number of aromatic nitrogens is 5. The van der Waals surface area contributed by atoms with Crippen molar-refractivity contribution in [3.05, 3.63) is 71.3 Å². The van der Waals surface area contributed by atoms with Crippen LogP contribution in [-0.2, 0) is 4.79 Å². The summed E-state index contributed by atoms with van der Waals surface area (Å²) >= 11 is 1.30. The Labute approximate surface area is 207 Å². The molecular formula is C25H27N7O2S. The number of amides is 2. The van der Waals surface area contributed by atoms with Crippen molar-refractivity contribution in [3.63, 3.8) is 0 Å². The number of carbonyl (C=O) groups is 2. The molecule has 1 atom stereocenters. The lowest BCUT2D eigenvalue weighted by atomic mass is 10.1. The van der Waals surface area contributed by atoms with Crippen molar-refractivity contribution in [2.75, 3.05) is 7.05 Å². The lowest BCUT2D eigenvalue weighted by molar-refractivity contribution is -0.120. The third-order valence-electron chi connectivity index (χ3n) is 5.58. The van der Waals surface area contributed by atoms with Gasteiger partial charge in [0.25, 0.3) is 5.91 Å². The highest BCUT2D eigenvalue weighted by Gasteiger charge is 2.20. The van der Waals surface area contributed by atoms with E-state index in [1.165, 1.54) is 11.3 Å². The van der Waals surface area contributed by atoms with E-state index in [1.807, 2.05) is 24.3 Å². The van der Waals surface area contributed by atoms with E-state index in [0.29, 0.717) is 29.4 Å². The third-order valence-corrected chi connectivity index (χ3v) is 6.35. The number of imidazole rings is 1. The first-order chi connectivity index (χ1) is 17.1. The maximum Gasteiger partial charge on any atom is 0.263 e. The second-order valence-electron chi connectivity index (χ2n) is 8.00. The molecule has 0 fully saturated rings. The second-order valence-corrected chi connectivity index (χ2v) is 8.88. The number of aromatic amines is 1. The highest BCUT2D eigenvalue weighted by molar-refractivity contribution is 7.11. The molecular weight excluding hydrogens is 462 g/mol. The van der Waals surface area contributed by atoms with E-state index in [2.05, 4.69) is 35.6 Å². The zero-order chi connectivity index (χ0) is 24.5. The van der Waals surface area contributed by atoms with Gasteiger partial charge in [0.15, 0.2) is 5.82 Å². The largest absolute Gasteiger partial charge is 0.359 e. The monoisotopic (exact) mass is 489 g/mol. The molecule has 0 saturated heterocycles. The van der Waals surface area contributed by atoms with Crippen LogP contribution in [0.15, 0.2) is 60.6 Å². The Morgan fingerprint density at radius 1 is 1.00 bits per heavy atom. The Balaban J connectivity index is 1.45. The predicted molar refractivity (Wildman–Crippen MR) is 135 cm³/mol. The SMILES string of the molecule is CNC(=O)CCCCCC(NC(=O)c1cncs1)c1ncc(-c2ccc(-c3ncccn3)cc2)[nH]1. The highest BCUT2D eigenvalue weighted by Crippen LogP contribution is 2.25. The number of nitrogens with one attached hydrogen (secondary N) is 3. The molecule has 0 radical (unpaired) electrons. The Kier molecular flexibility index (Phi) is 8.29. The molecule has 35 heavy (non-hydrogen) atoms. The van der Waals surface area contributed by atoms with Gasteiger partial charge in [0, 0.05) is 31.4 Å². The van der Waals surface area contributed by atoms with Crippen molar-refractivity contribution in [2.45, 2.75) is 38.1 Å².